The Morgan fingerprint density at radius 3 is 2.59 bits per heavy atom. The third-order valence-electron chi connectivity index (χ3n) is 4.61. The molecular weight excluding hydrogens is 415 g/mol. The second-order valence-corrected chi connectivity index (χ2v) is 7.19. The lowest BCUT2D eigenvalue weighted by Crippen LogP contribution is -2.27. The van der Waals surface area contributed by atoms with Crippen LogP contribution in [0.5, 0.6) is 0 Å². The Bertz CT molecular complexity index is 1100. The van der Waals surface area contributed by atoms with Gasteiger partial charge in [-0.2, -0.15) is 0 Å². The van der Waals surface area contributed by atoms with E-state index in [1.807, 2.05) is 18.2 Å². The largest absolute Gasteiger partial charge is 0.478 e. The van der Waals surface area contributed by atoms with E-state index in [0.717, 1.165) is 20.9 Å². The summed E-state index contributed by atoms with van der Waals surface area (Å²) < 4.78 is 14.0. The van der Waals surface area contributed by atoms with E-state index in [9.17, 15) is 19.1 Å². The van der Waals surface area contributed by atoms with Crippen LogP contribution in [0.15, 0.2) is 53.1 Å². The van der Waals surface area contributed by atoms with E-state index >= 15 is 0 Å². The summed E-state index contributed by atoms with van der Waals surface area (Å²) in [6, 6.07) is 10.9. The number of amides is 1. The number of rotatable bonds is 2. The number of hydrogen-bond donors (Lipinski definition) is 2. The Kier molecular flexibility index (Phi) is 4.31. The molecule has 0 spiro atoms. The molecule has 0 fully saturated rings. The molecular formula is C20H14BrFN2O3. The van der Waals surface area contributed by atoms with Crippen molar-refractivity contribution in [3.8, 4) is 0 Å². The fourth-order valence-corrected chi connectivity index (χ4v) is 3.68. The smallest absolute Gasteiger partial charge is 0.339 e. The molecule has 0 bridgehead atoms. The molecule has 7 heteroatoms. The molecule has 1 aliphatic rings. The molecule has 0 saturated heterocycles. The molecule has 0 saturated carbocycles. The van der Waals surface area contributed by atoms with Gasteiger partial charge in [-0.15, -0.1) is 0 Å². The molecule has 2 N–H and O–H groups in total. The Balaban J connectivity index is 1.79. The van der Waals surface area contributed by atoms with Gasteiger partial charge in [0, 0.05) is 33.7 Å². The Morgan fingerprint density at radius 1 is 1.15 bits per heavy atom. The number of H-pyrrole nitrogens is 1. The van der Waals surface area contributed by atoms with Crippen molar-refractivity contribution in [1.29, 1.82) is 0 Å². The number of hydrogen-bond acceptors (Lipinski definition) is 2. The SMILES string of the molecule is O=C(O)C1=CN(C(=O)c2ccc(F)cc2)CCc2c1[nH]c1cc(Br)ccc21. The minimum Gasteiger partial charge on any atom is -0.478 e. The van der Waals surface area contributed by atoms with Crippen molar-refractivity contribution in [2.75, 3.05) is 6.54 Å². The van der Waals surface area contributed by atoms with E-state index in [-0.39, 0.29) is 11.5 Å². The van der Waals surface area contributed by atoms with Gasteiger partial charge in [0.15, 0.2) is 0 Å². The molecule has 2 heterocycles. The Hall–Kier alpha value is -2.93. The van der Waals surface area contributed by atoms with Crippen molar-refractivity contribution in [3.05, 3.63) is 75.8 Å². The van der Waals surface area contributed by atoms with Gasteiger partial charge in [0.25, 0.3) is 5.91 Å². The Morgan fingerprint density at radius 2 is 1.89 bits per heavy atom. The van der Waals surface area contributed by atoms with Crippen LogP contribution in [0.25, 0.3) is 16.5 Å². The molecule has 27 heavy (non-hydrogen) atoms. The Labute approximate surface area is 162 Å². The van der Waals surface area contributed by atoms with Gasteiger partial charge in [0.2, 0.25) is 0 Å². The molecule has 0 unspecified atom stereocenters. The maximum Gasteiger partial charge on any atom is 0.339 e. The average molecular weight is 429 g/mol. The zero-order chi connectivity index (χ0) is 19.1. The molecule has 0 atom stereocenters. The third-order valence-corrected chi connectivity index (χ3v) is 5.10. The summed E-state index contributed by atoms with van der Waals surface area (Å²) >= 11 is 3.41. The summed E-state index contributed by atoms with van der Waals surface area (Å²) in [6.07, 6.45) is 1.85. The minimum absolute atomic E-state index is 0.0188. The predicted molar refractivity (Wildman–Crippen MR) is 103 cm³/mol. The molecule has 4 rings (SSSR count). The van der Waals surface area contributed by atoms with Crippen LogP contribution in [0.2, 0.25) is 0 Å². The van der Waals surface area contributed by atoms with Crippen molar-refractivity contribution in [1.82, 2.24) is 9.88 Å². The van der Waals surface area contributed by atoms with Gasteiger partial charge in [0.1, 0.15) is 5.82 Å². The number of fused-ring (bicyclic) bond motifs is 3. The second-order valence-electron chi connectivity index (χ2n) is 6.27. The van der Waals surface area contributed by atoms with Crippen LogP contribution < -0.4 is 0 Å². The van der Waals surface area contributed by atoms with Crippen molar-refractivity contribution in [3.63, 3.8) is 0 Å². The van der Waals surface area contributed by atoms with Crippen molar-refractivity contribution >= 4 is 44.3 Å². The highest BCUT2D eigenvalue weighted by molar-refractivity contribution is 9.10. The monoisotopic (exact) mass is 428 g/mol. The summed E-state index contributed by atoms with van der Waals surface area (Å²) in [5, 5.41) is 10.6. The predicted octanol–water partition coefficient (Wildman–Crippen LogP) is 4.19. The van der Waals surface area contributed by atoms with Crippen LogP contribution in [-0.2, 0) is 11.2 Å². The maximum atomic E-state index is 13.1. The number of aromatic nitrogens is 1. The molecule has 3 aromatic rings. The van der Waals surface area contributed by atoms with Crippen LogP contribution in [-0.4, -0.2) is 33.4 Å². The first-order valence-corrected chi connectivity index (χ1v) is 9.05. The molecule has 1 aromatic heterocycles. The first kappa shape index (κ1) is 17.5. The van der Waals surface area contributed by atoms with Gasteiger partial charge >= 0.3 is 5.97 Å². The number of carbonyl (C=O) groups is 2. The van der Waals surface area contributed by atoms with Crippen LogP contribution in [0, 0.1) is 5.82 Å². The molecule has 1 aliphatic heterocycles. The van der Waals surface area contributed by atoms with E-state index < -0.39 is 11.8 Å². The lowest BCUT2D eigenvalue weighted by atomic mass is 10.0. The molecule has 0 radical (unpaired) electrons. The lowest BCUT2D eigenvalue weighted by molar-refractivity contribution is -0.130. The van der Waals surface area contributed by atoms with Gasteiger partial charge in [-0.3, -0.25) is 4.79 Å². The number of carboxylic acid groups (broad SMARTS) is 1. The van der Waals surface area contributed by atoms with E-state index in [1.165, 1.54) is 35.4 Å². The quantitative estimate of drug-likeness (QED) is 0.642. The fraction of sp³-hybridized carbons (Fsp3) is 0.100. The number of benzene rings is 2. The van der Waals surface area contributed by atoms with Gasteiger partial charge in [-0.25, -0.2) is 9.18 Å². The van der Waals surface area contributed by atoms with Crippen LogP contribution >= 0.6 is 15.9 Å². The van der Waals surface area contributed by atoms with Gasteiger partial charge in [-0.1, -0.05) is 22.0 Å². The number of carboxylic acids is 1. The number of nitrogens with zero attached hydrogens (tertiary/aromatic N) is 1. The molecule has 2 aromatic carbocycles. The average Bonchev–Trinajstić information content (AvgIpc) is 2.87. The minimum atomic E-state index is -1.12. The highest BCUT2D eigenvalue weighted by atomic mass is 79.9. The zero-order valence-corrected chi connectivity index (χ0v) is 15.6. The van der Waals surface area contributed by atoms with Gasteiger partial charge < -0.3 is 15.0 Å². The van der Waals surface area contributed by atoms with Crippen molar-refractivity contribution < 1.29 is 19.1 Å². The van der Waals surface area contributed by atoms with E-state index in [1.54, 1.807) is 0 Å². The highest BCUT2D eigenvalue weighted by Gasteiger charge is 2.26. The van der Waals surface area contributed by atoms with Crippen molar-refractivity contribution in [2.24, 2.45) is 0 Å². The molecule has 0 aliphatic carbocycles. The first-order chi connectivity index (χ1) is 12.9. The van der Waals surface area contributed by atoms with Crippen molar-refractivity contribution in [2.45, 2.75) is 6.42 Å². The van der Waals surface area contributed by atoms with Gasteiger partial charge in [-0.05, 0) is 48.4 Å². The number of carbonyl (C=O) groups excluding carboxylic acids is 1. The number of aromatic amines is 1. The molecule has 1 amide bonds. The first-order valence-electron chi connectivity index (χ1n) is 8.26. The van der Waals surface area contributed by atoms with E-state index in [0.29, 0.717) is 24.2 Å². The number of halogens is 2. The van der Waals surface area contributed by atoms with Crippen LogP contribution in [0.4, 0.5) is 4.39 Å². The highest BCUT2D eigenvalue weighted by Crippen LogP contribution is 2.32. The summed E-state index contributed by atoms with van der Waals surface area (Å²) in [7, 11) is 0. The van der Waals surface area contributed by atoms with E-state index in [4.69, 9.17) is 0 Å². The van der Waals surface area contributed by atoms with Crippen LogP contribution in [0.1, 0.15) is 21.6 Å². The third kappa shape index (κ3) is 3.14. The summed E-state index contributed by atoms with van der Waals surface area (Å²) in [4.78, 5) is 29.2. The number of nitrogens with one attached hydrogen (secondary N) is 1. The summed E-state index contributed by atoms with van der Waals surface area (Å²) in [6.45, 7) is 0.322. The summed E-state index contributed by atoms with van der Waals surface area (Å²) in [5.41, 5.74) is 2.52. The maximum absolute atomic E-state index is 13.1. The standard InChI is InChI=1S/C20H14BrFN2O3/c21-12-3-6-14-15-7-8-24(19(25)11-1-4-13(22)5-2-11)10-16(20(26)27)18(15)23-17(14)9-12/h1-6,9-10,23H,7-8H2,(H,26,27). The normalized spacial score (nSPS) is 13.9. The van der Waals surface area contributed by atoms with Crippen LogP contribution in [0.3, 0.4) is 0 Å². The fourth-order valence-electron chi connectivity index (χ4n) is 3.32. The molecule has 5 nitrogen and oxygen atoms in total. The topological polar surface area (TPSA) is 73.4 Å². The molecule has 136 valence electrons. The second kappa shape index (κ2) is 6.66. The van der Waals surface area contributed by atoms with E-state index in [2.05, 4.69) is 20.9 Å². The number of aliphatic carboxylic acids is 1. The lowest BCUT2D eigenvalue weighted by Gasteiger charge is -2.17. The zero-order valence-electron chi connectivity index (χ0n) is 14.0. The van der Waals surface area contributed by atoms with Gasteiger partial charge in [0.05, 0.1) is 11.3 Å². The summed E-state index contributed by atoms with van der Waals surface area (Å²) in [5.74, 6) is -1.93.